The van der Waals surface area contributed by atoms with Gasteiger partial charge in [0, 0.05) is 6.42 Å². The Morgan fingerprint density at radius 1 is 0.636 bits per heavy atom. The monoisotopic (exact) mass is 491 g/mol. The zero-order valence-corrected chi connectivity index (χ0v) is 23.7. The van der Waals surface area contributed by atoms with Crippen molar-refractivity contribution in [1.82, 2.24) is 0 Å². The Kier molecular flexibility index (Phi) is 23.4. The van der Waals surface area contributed by atoms with Crippen molar-refractivity contribution in [2.45, 2.75) is 155 Å². The summed E-state index contributed by atoms with van der Waals surface area (Å²) in [6.45, 7) is 4.13. The molecule has 0 aliphatic carbocycles. The Bertz CT molecular complexity index is 439. The lowest BCUT2D eigenvalue weighted by Gasteiger charge is -2.39. The van der Waals surface area contributed by atoms with Crippen LogP contribution in [0.5, 0.6) is 0 Å². The van der Waals surface area contributed by atoms with Crippen LogP contribution in [0.4, 0.5) is 0 Å². The average molecular weight is 492 g/mol. The smallest absolute Gasteiger partial charge is 0.360 e. The Morgan fingerprint density at radius 3 is 1.21 bits per heavy atom. The van der Waals surface area contributed by atoms with E-state index < -0.39 is 5.91 Å². The van der Waals surface area contributed by atoms with E-state index >= 15 is 0 Å². The highest BCUT2D eigenvalue weighted by Gasteiger charge is 2.43. The van der Waals surface area contributed by atoms with E-state index in [2.05, 4.69) is 6.92 Å². The fourth-order valence-electron chi connectivity index (χ4n) is 4.26. The van der Waals surface area contributed by atoms with Crippen LogP contribution in [-0.2, 0) is 9.53 Å². The van der Waals surface area contributed by atoms with Crippen molar-refractivity contribution >= 4 is 5.97 Å². The van der Waals surface area contributed by atoms with Crippen molar-refractivity contribution in [3.63, 3.8) is 0 Å². The summed E-state index contributed by atoms with van der Waals surface area (Å²) < 4.78 is 5.58. The maximum atomic E-state index is 12.1. The lowest BCUT2D eigenvalue weighted by Crippen LogP contribution is -3.00. The highest BCUT2D eigenvalue weighted by atomic mass is 35.5. The van der Waals surface area contributed by atoms with Gasteiger partial charge in [-0.3, -0.25) is 9.28 Å². The van der Waals surface area contributed by atoms with Gasteiger partial charge in [0.05, 0.1) is 27.6 Å². The fourth-order valence-corrected chi connectivity index (χ4v) is 4.26. The van der Waals surface area contributed by atoms with Gasteiger partial charge in [-0.2, -0.15) is 0 Å². The summed E-state index contributed by atoms with van der Waals surface area (Å²) >= 11 is 0. The highest BCUT2D eigenvalue weighted by molar-refractivity contribution is 5.69. The number of esters is 1. The van der Waals surface area contributed by atoms with Crippen molar-refractivity contribution < 1.29 is 31.5 Å². The number of unbranched alkanes of at least 4 members (excludes halogenated alkanes) is 18. The zero-order valence-electron chi connectivity index (χ0n) is 22.9. The van der Waals surface area contributed by atoms with E-state index in [1.807, 2.05) is 28.1 Å². The molecule has 1 N–H and O–H groups in total. The second-order valence-electron chi connectivity index (χ2n) is 10.7. The van der Waals surface area contributed by atoms with Gasteiger partial charge in [-0.1, -0.05) is 129 Å². The molecule has 33 heavy (non-hydrogen) atoms. The molecule has 0 fully saturated rings. The minimum Gasteiger partial charge on any atom is -1.00 e. The van der Waals surface area contributed by atoms with Gasteiger partial charge in [-0.15, -0.1) is 0 Å². The molecule has 4 nitrogen and oxygen atoms in total. The molecule has 0 radical (unpaired) electrons. The Morgan fingerprint density at radius 2 is 0.939 bits per heavy atom. The largest absolute Gasteiger partial charge is 1.00 e. The summed E-state index contributed by atoms with van der Waals surface area (Å²) in [4.78, 5) is 12.1. The van der Waals surface area contributed by atoms with Crippen LogP contribution in [-0.4, -0.2) is 42.6 Å². The molecule has 0 spiro atoms. The van der Waals surface area contributed by atoms with Crippen LogP contribution in [0.25, 0.3) is 0 Å². The fraction of sp³-hybridized carbons (Fsp3) is 0.964. The summed E-state index contributed by atoms with van der Waals surface area (Å²) in [5, 5.41) is 10.5. The third-order valence-electron chi connectivity index (χ3n) is 6.77. The molecular weight excluding hydrogens is 434 g/mol. The molecule has 1 atom stereocenters. The second-order valence-corrected chi connectivity index (χ2v) is 10.7. The maximum Gasteiger partial charge on any atom is 0.360 e. The molecule has 1 unspecified atom stereocenters. The first-order valence-corrected chi connectivity index (χ1v) is 14.0. The van der Waals surface area contributed by atoms with Crippen molar-refractivity contribution in [1.29, 1.82) is 0 Å². The summed E-state index contributed by atoms with van der Waals surface area (Å²) in [7, 11) is 5.52. The molecule has 0 saturated heterocycles. The van der Waals surface area contributed by atoms with Gasteiger partial charge in [-0.25, -0.2) is 0 Å². The van der Waals surface area contributed by atoms with E-state index in [9.17, 15) is 9.90 Å². The molecule has 0 heterocycles. The first-order chi connectivity index (χ1) is 15.3. The van der Waals surface area contributed by atoms with E-state index in [0.29, 0.717) is 12.8 Å². The van der Waals surface area contributed by atoms with Gasteiger partial charge < -0.3 is 22.3 Å². The van der Waals surface area contributed by atoms with E-state index in [1.165, 1.54) is 109 Å². The van der Waals surface area contributed by atoms with Crippen LogP contribution in [0.15, 0.2) is 0 Å². The Labute approximate surface area is 213 Å². The number of aliphatic hydroxyl groups is 1. The summed E-state index contributed by atoms with van der Waals surface area (Å²) in [5.41, 5.74) is 0. The predicted molar refractivity (Wildman–Crippen MR) is 137 cm³/mol. The Hall–Kier alpha value is -0.320. The van der Waals surface area contributed by atoms with Crippen LogP contribution in [0, 0.1) is 0 Å². The normalized spacial score (nSPS) is 13.4. The average Bonchev–Trinajstić information content (AvgIpc) is 2.74. The van der Waals surface area contributed by atoms with Gasteiger partial charge >= 0.3 is 11.9 Å². The molecule has 0 aromatic carbocycles. The summed E-state index contributed by atoms with van der Waals surface area (Å²) in [6, 6.07) is 0. The van der Waals surface area contributed by atoms with Gasteiger partial charge in [0.25, 0.3) is 0 Å². The lowest BCUT2D eigenvalue weighted by molar-refractivity contribution is -0.977. The molecule has 0 saturated carbocycles. The molecule has 0 bridgehead atoms. The molecule has 0 aliphatic rings. The zero-order chi connectivity index (χ0) is 24.1. The van der Waals surface area contributed by atoms with E-state index in [0.717, 1.165) is 12.8 Å². The predicted octanol–water partition coefficient (Wildman–Crippen LogP) is 5.12. The first kappa shape index (κ1) is 34.8. The number of carbonyl (C=O) groups excluding carboxylic acids is 1. The minimum atomic E-state index is -1.43. The minimum absolute atomic E-state index is 0. The highest BCUT2D eigenvalue weighted by Crippen LogP contribution is 2.22. The van der Waals surface area contributed by atoms with E-state index in [4.69, 9.17) is 4.74 Å². The van der Waals surface area contributed by atoms with E-state index in [1.54, 1.807) is 0 Å². The molecule has 200 valence electrons. The van der Waals surface area contributed by atoms with Crippen molar-refractivity contribution in [2.75, 3.05) is 21.1 Å². The van der Waals surface area contributed by atoms with E-state index in [-0.39, 0.29) is 22.9 Å². The standard InChI is InChI=1S/C28H58NO3.ClH/c1-6-8-9-10-11-12-13-14-15-16-17-18-19-20-21-22-23-24-25-26-27(30)32-28(31,7-2)29(3,4)5;/h31H,6-26H2,1-5H3;1H/q+1;/p-1. The number of ether oxygens (including phenoxy) is 1. The number of hydrogen-bond donors (Lipinski definition) is 1. The van der Waals surface area contributed by atoms with Gasteiger partial charge in [0.15, 0.2) is 0 Å². The van der Waals surface area contributed by atoms with Crippen LogP contribution in [0.3, 0.4) is 0 Å². The van der Waals surface area contributed by atoms with Gasteiger partial charge in [0.1, 0.15) is 0 Å². The Balaban J connectivity index is 0. The molecule has 0 rings (SSSR count). The maximum absolute atomic E-state index is 12.1. The number of halogens is 1. The number of carbonyl (C=O) groups is 1. The summed E-state index contributed by atoms with van der Waals surface area (Å²) in [6.07, 6.45) is 26.3. The summed E-state index contributed by atoms with van der Waals surface area (Å²) in [5.74, 6) is -1.71. The topological polar surface area (TPSA) is 46.5 Å². The molecule has 0 amide bonds. The third-order valence-corrected chi connectivity index (χ3v) is 6.77. The lowest BCUT2D eigenvalue weighted by atomic mass is 10.0. The SMILES string of the molecule is CCCCCCCCCCCCCCCCCCCCCC(=O)OC(O)(CC)[N+](C)(C)C.[Cl-]. The quantitative estimate of drug-likeness (QED) is 0.0933. The van der Waals surface area contributed by atoms with Crippen molar-refractivity contribution in [2.24, 2.45) is 0 Å². The van der Waals surface area contributed by atoms with Crippen LogP contribution >= 0.6 is 0 Å². The molecule has 5 heteroatoms. The van der Waals surface area contributed by atoms with Crippen LogP contribution < -0.4 is 12.4 Å². The third kappa shape index (κ3) is 19.7. The molecule has 0 aromatic heterocycles. The number of nitrogens with zero attached hydrogens (tertiary/aromatic N) is 1. The second kappa shape index (κ2) is 22.2. The van der Waals surface area contributed by atoms with Gasteiger partial charge in [0.2, 0.25) is 0 Å². The van der Waals surface area contributed by atoms with Crippen LogP contribution in [0.2, 0.25) is 0 Å². The molecular formula is C28H58ClNO3. The van der Waals surface area contributed by atoms with Crippen molar-refractivity contribution in [3.05, 3.63) is 0 Å². The van der Waals surface area contributed by atoms with Gasteiger partial charge in [-0.05, 0) is 6.42 Å². The van der Waals surface area contributed by atoms with Crippen LogP contribution in [0.1, 0.15) is 149 Å². The number of hydrogen-bond acceptors (Lipinski definition) is 3. The number of rotatable bonds is 23. The molecule has 0 aliphatic heterocycles. The first-order valence-electron chi connectivity index (χ1n) is 14.0. The number of quaternary nitrogens is 1. The van der Waals surface area contributed by atoms with Crippen molar-refractivity contribution in [3.8, 4) is 0 Å². The molecule has 0 aromatic rings.